The standard InChI is InChI=1S/C40H26N4O2/c45-24-28-29-16-18-31(41-29)37(25-10-4-1-5-11-25)33-20-22-35(43-33)39(40(46)27-14-8-3-9-15-27)36-23-21-34(44-36)38(26-12-6-2-7-13-26)32-19-17-30(28)42-32/h1-24,41,44H. The Morgan fingerprint density at radius 3 is 1.54 bits per heavy atom. The number of H-pyrrole nitrogens is 2. The zero-order valence-corrected chi connectivity index (χ0v) is 24.6. The molecule has 0 unspecified atom stereocenters. The molecule has 0 spiro atoms. The molecular formula is C40H26N4O2. The van der Waals surface area contributed by atoms with E-state index in [2.05, 4.69) is 9.97 Å². The Kier molecular flexibility index (Phi) is 6.65. The van der Waals surface area contributed by atoms with Crippen LogP contribution in [0.4, 0.5) is 0 Å². The summed E-state index contributed by atoms with van der Waals surface area (Å²) < 4.78 is 0. The molecule has 46 heavy (non-hydrogen) atoms. The van der Waals surface area contributed by atoms with Crippen molar-refractivity contribution >= 4 is 58.4 Å². The number of aromatic amines is 2. The van der Waals surface area contributed by atoms with Crippen LogP contribution in [-0.2, 0) is 0 Å². The number of hydrogen-bond acceptors (Lipinski definition) is 4. The van der Waals surface area contributed by atoms with Gasteiger partial charge in [-0.3, -0.25) is 9.59 Å². The largest absolute Gasteiger partial charge is 0.354 e. The van der Waals surface area contributed by atoms with Crippen LogP contribution in [0.3, 0.4) is 0 Å². The van der Waals surface area contributed by atoms with Crippen LogP contribution in [-0.4, -0.2) is 32.0 Å². The summed E-state index contributed by atoms with van der Waals surface area (Å²) in [5.41, 5.74) is 10.5. The van der Waals surface area contributed by atoms with E-state index in [0.717, 1.165) is 39.6 Å². The average molecular weight is 595 g/mol. The molecule has 6 nitrogen and oxygen atoms in total. The highest BCUT2D eigenvalue weighted by Crippen LogP contribution is 2.34. The minimum Gasteiger partial charge on any atom is -0.354 e. The van der Waals surface area contributed by atoms with E-state index in [4.69, 9.17) is 9.97 Å². The van der Waals surface area contributed by atoms with Crippen LogP contribution in [0.2, 0.25) is 0 Å². The minimum absolute atomic E-state index is 0.136. The molecule has 5 heterocycles. The zero-order valence-electron chi connectivity index (χ0n) is 24.6. The second-order valence-corrected chi connectivity index (χ2v) is 11.1. The molecule has 0 saturated carbocycles. The summed E-state index contributed by atoms with van der Waals surface area (Å²) in [6.07, 6.45) is 8.47. The van der Waals surface area contributed by atoms with Crippen molar-refractivity contribution in [3.05, 3.63) is 155 Å². The molecule has 0 aliphatic carbocycles. The van der Waals surface area contributed by atoms with E-state index in [1.165, 1.54) is 0 Å². The molecule has 3 aromatic carbocycles. The molecule has 6 heteroatoms. The number of carbonyl (C=O) groups excluding carboxylic acids is 2. The maximum atomic E-state index is 14.3. The van der Waals surface area contributed by atoms with Gasteiger partial charge in [-0.25, -0.2) is 9.97 Å². The molecular weight excluding hydrogens is 568 g/mol. The van der Waals surface area contributed by atoms with Crippen molar-refractivity contribution in [2.24, 2.45) is 0 Å². The predicted octanol–water partition coefficient (Wildman–Crippen LogP) is 9.03. The van der Waals surface area contributed by atoms with Crippen molar-refractivity contribution in [3.63, 3.8) is 0 Å². The van der Waals surface area contributed by atoms with Gasteiger partial charge < -0.3 is 9.97 Å². The Balaban J connectivity index is 1.56. The Labute approximate surface area is 264 Å². The third-order valence-corrected chi connectivity index (χ3v) is 8.30. The number of nitrogens with one attached hydrogen (secondary N) is 2. The van der Waals surface area contributed by atoms with Gasteiger partial charge in [0.1, 0.15) is 0 Å². The summed E-state index contributed by atoms with van der Waals surface area (Å²) in [7, 11) is 0. The van der Waals surface area contributed by atoms with Crippen LogP contribution in [0.25, 0.3) is 68.6 Å². The molecule has 0 atom stereocenters. The van der Waals surface area contributed by atoms with E-state index in [0.29, 0.717) is 50.5 Å². The van der Waals surface area contributed by atoms with Crippen LogP contribution in [0, 0.1) is 0 Å². The molecule has 218 valence electrons. The van der Waals surface area contributed by atoms with E-state index < -0.39 is 0 Å². The molecule has 0 fully saturated rings. The number of benzene rings is 3. The summed E-state index contributed by atoms with van der Waals surface area (Å²) in [5.74, 6) is -0.136. The van der Waals surface area contributed by atoms with E-state index in [9.17, 15) is 9.59 Å². The fraction of sp³-hybridized carbons (Fsp3) is 0. The van der Waals surface area contributed by atoms with Crippen LogP contribution in [0.5, 0.6) is 0 Å². The predicted molar refractivity (Wildman–Crippen MR) is 185 cm³/mol. The first kappa shape index (κ1) is 27.2. The van der Waals surface area contributed by atoms with Crippen LogP contribution >= 0.6 is 0 Å². The van der Waals surface area contributed by atoms with Crippen LogP contribution < -0.4 is 0 Å². The molecule has 8 rings (SSSR count). The van der Waals surface area contributed by atoms with Gasteiger partial charge in [-0.05, 0) is 59.7 Å². The monoisotopic (exact) mass is 594 g/mol. The lowest BCUT2D eigenvalue weighted by molar-refractivity contribution is 0.103. The van der Waals surface area contributed by atoms with Crippen molar-refractivity contribution in [2.75, 3.05) is 0 Å². The molecule has 2 N–H and O–H groups in total. The summed E-state index contributed by atoms with van der Waals surface area (Å²) >= 11 is 0. The van der Waals surface area contributed by atoms with E-state index >= 15 is 0 Å². The van der Waals surface area contributed by atoms with Gasteiger partial charge in [0.05, 0.1) is 44.9 Å². The van der Waals surface area contributed by atoms with Crippen molar-refractivity contribution < 1.29 is 9.59 Å². The first-order valence-corrected chi connectivity index (χ1v) is 15.0. The van der Waals surface area contributed by atoms with E-state index in [-0.39, 0.29) is 5.78 Å². The molecule has 2 aliphatic heterocycles. The Morgan fingerprint density at radius 1 is 0.500 bits per heavy atom. The second kappa shape index (κ2) is 11.3. The number of aromatic nitrogens is 4. The molecule has 8 bridgehead atoms. The van der Waals surface area contributed by atoms with E-state index in [1.807, 2.05) is 140 Å². The summed E-state index contributed by atoms with van der Waals surface area (Å²) in [6.45, 7) is 0. The normalized spacial score (nSPS) is 11.9. The van der Waals surface area contributed by atoms with Gasteiger partial charge in [0, 0.05) is 27.7 Å². The van der Waals surface area contributed by atoms with E-state index in [1.54, 1.807) is 0 Å². The van der Waals surface area contributed by atoms with Gasteiger partial charge >= 0.3 is 0 Å². The number of ketones is 1. The van der Waals surface area contributed by atoms with Gasteiger partial charge in [-0.2, -0.15) is 0 Å². The van der Waals surface area contributed by atoms with Gasteiger partial charge in [-0.1, -0.05) is 91.0 Å². The molecule has 3 aromatic heterocycles. The second-order valence-electron chi connectivity index (χ2n) is 11.1. The Hall–Kier alpha value is -6.40. The Bertz CT molecular complexity index is 2350. The summed E-state index contributed by atoms with van der Waals surface area (Å²) in [5, 5.41) is 0. The maximum Gasteiger partial charge on any atom is 0.197 e. The third-order valence-electron chi connectivity index (χ3n) is 8.30. The highest BCUT2D eigenvalue weighted by Gasteiger charge is 2.21. The van der Waals surface area contributed by atoms with Gasteiger partial charge in [0.15, 0.2) is 12.1 Å². The van der Waals surface area contributed by atoms with Crippen molar-refractivity contribution in [2.45, 2.75) is 0 Å². The van der Waals surface area contributed by atoms with Crippen LogP contribution in [0.15, 0.2) is 115 Å². The Morgan fingerprint density at radius 2 is 0.957 bits per heavy atom. The van der Waals surface area contributed by atoms with Gasteiger partial charge in [-0.15, -0.1) is 0 Å². The van der Waals surface area contributed by atoms with Crippen molar-refractivity contribution in [1.82, 2.24) is 19.9 Å². The topological polar surface area (TPSA) is 91.5 Å². The number of carbonyl (C=O) groups is 2. The quantitative estimate of drug-likeness (QED) is 0.154. The van der Waals surface area contributed by atoms with Crippen molar-refractivity contribution in [3.8, 4) is 22.3 Å². The number of fused-ring (bicyclic) bond motifs is 8. The number of aldehydes is 1. The molecule has 0 amide bonds. The lowest BCUT2D eigenvalue weighted by Crippen LogP contribution is -2.04. The third kappa shape index (κ3) is 4.69. The summed E-state index contributed by atoms with van der Waals surface area (Å²) in [4.78, 5) is 43.9. The molecule has 0 radical (unpaired) electrons. The highest BCUT2D eigenvalue weighted by molar-refractivity contribution is 6.15. The average Bonchev–Trinajstić information content (AvgIpc) is 3.94. The van der Waals surface area contributed by atoms with Crippen LogP contribution in [0.1, 0.15) is 49.1 Å². The summed E-state index contributed by atoms with van der Waals surface area (Å²) in [6, 6.07) is 36.9. The smallest absolute Gasteiger partial charge is 0.197 e. The highest BCUT2D eigenvalue weighted by atomic mass is 16.1. The van der Waals surface area contributed by atoms with Gasteiger partial charge in [0.2, 0.25) is 0 Å². The number of rotatable bonds is 5. The number of nitrogens with zero attached hydrogens (tertiary/aromatic N) is 2. The molecule has 6 aromatic rings. The SMILES string of the molecule is O=Cc1c2nc(c(-c3ccccc3)c3ccc([nH]3)c(C(=O)c3ccccc3)c3nc(c(-c4ccccc4)c4ccc1[nH]4)C=C3)C=C2. The fourth-order valence-corrected chi connectivity index (χ4v) is 6.14. The fourth-order valence-electron chi connectivity index (χ4n) is 6.14. The first-order chi connectivity index (χ1) is 22.7. The zero-order chi connectivity index (χ0) is 31.0. The van der Waals surface area contributed by atoms with Gasteiger partial charge in [0.25, 0.3) is 0 Å². The lowest BCUT2D eigenvalue weighted by atomic mass is 10.0. The number of hydrogen-bond donors (Lipinski definition) is 2. The molecule has 0 saturated heterocycles. The maximum absolute atomic E-state index is 14.3. The van der Waals surface area contributed by atoms with Crippen molar-refractivity contribution in [1.29, 1.82) is 0 Å². The first-order valence-electron chi connectivity index (χ1n) is 15.0. The minimum atomic E-state index is -0.136. The lowest BCUT2D eigenvalue weighted by Gasteiger charge is -2.05. The molecule has 2 aliphatic rings.